The Bertz CT molecular complexity index is 989. The second-order valence-corrected chi connectivity index (χ2v) is 5.24. The lowest BCUT2D eigenvalue weighted by Crippen LogP contribution is -2.02. The van der Waals surface area contributed by atoms with E-state index >= 15 is 0 Å². The molecule has 4 aromatic rings. The van der Waals surface area contributed by atoms with Crippen molar-refractivity contribution in [1.29, 1.82) is 0 Å². The predicted octanol–water partition coefficient (Wildman–Crippen LogP) is 2.96. The molecule has 0 aliphatic heterocycles. The van der Waals surface area contributed by atoms with Crippen molar-refractivity contribution in [2.75, 3.05) is 0 Å². The minimum Gasteiger partial charge on any atom is -0.290 e. The molecule has 0 N–H and O–H groups in total. The minimum atomic E-state index is -0.368. The molecule has 3 heterocycles. The fraction of sp³-hybridized carbons (Fsp3) is 0.0588. The largest absolute Gasteiger partial charge is 0.290 e. The first-order valence-corrected chi connectivity index (χ1v) is 7.37. The third-order valence-electron chi connectivity index (χ3n) is 3.66. The lowest BCUT2D eigenvalue weighted by atomic mass is 10.2. The molecule has 3 aromatic heterocycles. The van der Waals surface area contributed by atoms with Gasteiger partial charge in [-0.15, -0.1) is 5.10 Å². The van der Waals surface area contributed by atoms with E-state index in [4.69, 9.17) is 0 Å². The molecule has 4 rings (SSSR count). The van der Waals surface area contributed by atoms with Gasteiger partial charge in [-0.1, -0.05) is 23.4 Å². The summed E-state index contributed by atoms with van der Waals surface area (Å²) in [6, 6.07) is 12.1. The molecule has 24 heavy (non-hydrogen) atoms. The van der Waals surface area contributed by atoms with Crippen LogP contribution in [0.1, 0.15) is 5.69 Å². The van der Waals surface area contributed by atoms with Gasteiger partial charge in [0.15, 0.2) is 0 Å². The van der Waals surface area contributed by atoms with E-state index in [2.05, 4.69) is 20.3 Å². The van der Waals surface area contributed by atoms with Crippen LogP contribution in [0.2, 0.25) is 0 Å². The van der Waals surface area contributed by atoms with E-state index in [1.165, 1.54) is 10.7 Å². The van der Waals surface area contributed by atoms with Crippen molar-refractivity contribution in [3.05, 3.63) is 72.7 Å². The molecule has 0 atom stereocenters. The summed E-state index contributed by atoms with van der Waals surface area (Å²) in [5, 5.41) is 8.14. The average Bonchev–Trinajstić information content (AvgIpc) is 3.23. The van der Waals surface area contributed by atoms with Crippen LogP contribution in [0.25, 0.3) is 22.9 Å². The maximum Gasteiger partial charge on any atom is 0.148 e. The molecule has 6 nitrogen and oxygen atoms in total. The van der Waals surface area contributed by atoms with Crippen molar-refractivity contribution >= 4 is 0 Å². The number of aryl methyl sites for hydroxylation is 1. The topological polar surface area (TPSA) is 61.4 Å². The van der Waals surface area contributed by atoms with Crippen molar-refractivity contribution in [3.8, 4) is 22.9 Å². The maximum atomic E-state index is 14.1. The standard InChI is InChI=1S/C17H13FN6/c1-12-17(24(22-21-12)15-7-3-2-6-13(15)18)14-10-23(11-20-14)16-8-4-5-9-19-16/h2-11H,1H3. The zero-order valence-corrected chi connectivity index (χ0v) is 12.8. The minimum absolute atomic E-state index is 0.334. The van der Waals surface area contributed by atoms with Gasteiger partial charge in [0.1, 0.15) is 35.0 Å². The van der Waals surface area contributed by atoms with Crippen molar-refractivity contribution in [2.45, 2.75) is 6.92 Å². The van der Waals surface area contributed by atoms with Gasteiger partial charge in [0.2, 0.25) is 0 Å². The normalized spacial score (nSPS) is 10.9. The number of benzene rings is 1. The van der Waals surface area contributed by atoms with Crippen LogP contribution in [0, 0.1) is 12.7 Å². The van der Waals surface area contributed by atoms with Crippen LogP contribution in [0.5, 0.6) is 0 Å². The third kappa shape index (κ3) is 2.36. The Kier molecular flexibility index (Phi) is 3.38. The van der Waals surface area contributed by atoms with Crippen LogP contribution in [0.3, 0.4) is 0 Å². The lowest BCUT2D eigenvalue weighted by Gasteiger charge is -2.06. The molecule has 1 aromatic carbocycles. The molecule has 0 bridgehead atoms. The van der Waals surface area contributed by atoms with Crippen LogP contribution in [-0.4, -0.2) is 29.5 Å². The number of imidazole rings is 1. The van der Waals surface area contributed by atoms with Gasteiger partial charge in [-0.3, -0.25) is 4.57 Å². The number of hydrogen-bond acceptors (Lipinski definition) is 4. The van der Waals surface area contributed by atoms with E-state index < -0.39 is 0 Å². The molecular formula is C17H13FN6. The summed E-state index contributed by atoms with van der Waals surface area (Å²) in [4.78, 5) is 8.70. The molecular weight excluding hydrogens is 307 g/mol. The summed E-state index contributed by atoms with van der Waals surface area (Å²) in [5.74, 6) is 0.381. The summed E-state index contributed by atoms with van der Waals surface area (Å²) in [6.07, 6.45) is 5.20. The first-order chi connectivity index (χ1) is 11.7. The van der Waals surface area contributed by atoms with E-state index in [9.17, 15) is 4.39 Å². The number of halogens is 1. The van der Waals surface area contributed by atoms with Crippen molar-refractivity contribution in [2.24, 2.45) is 0 Å². The molecule has 0 amide bonds. The Hall–Kier alpha value is -3.35. The molecule has 118 valence electrons. The van der Waals surface area contributed by atoms with Crippen molar-refractivity contribution < 1.29 is 4.39 Å². The summed E-state index contributed by atoms with van der Waals surface area (Å²) in [7, 11) is 0. The Morgan fingerprint density at radius 2 is 1.83 bits per heavy atom. The van der Waals surface area contributed by atoms with Gasteiger partial charge >= 0.3 is 0 Å². The summed E-state index contributed by atoms with van der Waals surface area (Å²) in [5.41, 5.74) is 2.30. The van der Waals surface area contributed by atoms with Crippen LogP contribution in [-0.2, 0) is 0 Å². The van der Waals surface area contributed by atoms with Crippen LogP contribution in [0.4, 0.5) is 4.39 Å². The van der Waals surface area contributed by atoms with Gasteiger partial charge in [0.05, 0.1) is 5.69 Å². The monoisotopic (exact) mass is 320 g/mol. The number of nitrogens with zero attached hydrogens (tertiary/aromatic N) is 6. The molecule has 0 aliphatic carbocycles. The van der Waals surface area contributed by atoms with Crippen LogP contribution < -0.4 is 0 Å². The van der Waals surface area contributed by atoms with Gasteiger partial charge in [-0.05, 0) is 31.2 Å². The highest BCUT2D eigenvalue weighted by atomic mass is 19.1. The molecule has 0 unspecified atom stereocenters. The summed E-state index contributed by atoms with van der Waals surface area (Å²) >= 11 is 0. The zero-order chi connectivity index (χ0) is 16.5. The number of hydrogen-bond donors (Lipinski definition) is 0. The fourth-order valence-electron chi connectivity index (χ4n) is 2.52. The molecule has 0 radical (unpaired) electrons. The first-order valence-electron chi connectivity index (χ1n) is 7.37. The zero-order valence-electron chi connectivity index (χ0n) is 12.8. The second kappa shape index (κ2) is 5.69. The van der Waals surface area contributed by atoms with Gasteiger partial charge < -0.3 is 0 Å². The number of rotatable bonds is 3. The summed E-state index contributed by atoms with van der Waals surface area (Å²) in [6.45, 7) is 1.82. The molecule has 0 aliphatic rings. The third-order valence-corrected chi connectivity index (χ3v) is 3.66. The number of aromatic nitrogens is 6. The highest BCUT2D eigenvalue weighted by Gasteiger charge is 2.18. The van der Waals surface area contributed by atoms with E-state index in [-0.39, 0.29) is 5.82 Å². The van der Waals surface area contributed by atoms with Crippen LogP contribution in [0.15, 0.2) is 61.2 Å². The average molecular weight is 320 g/mol. The highest BCUT2D eigenvalue weighted by molar-refractivity contribution is 5.60. The van der Waals surface area contributed by atoms with E-state index in [1.54, 1.807) is 35.3 Å². The Morgan fingerprint density at radius 3 is 2.62 bits per heavy atom. The number of pyridine rings is 1. The van der Waals surface area contributed by atoms with Crippen LogP contribution >= 0.6 is 0 Å². The van der Waals surface area contributed by atoms with E-state index in [0.29, 0.717) is 22.8 Å². The highest BCUT2D eigenvalue weighted by Crippen LogP contribution is 2.25. The molecule has 0 spiro atoms. The van der Waals surface area contributed by atoms with Gasteiger partial charge in [-0.2, -0.15) is 0 Å². The number of para-hydroxylation sites is 1. The Balaban J connectivity index is 1.83. The SMILES string of the molecule is Cc1nnn(-c2ccccc2F)c1-c1cn(-c2ccccn2)cn1. The first kappa shape index (κ1) is 14.3. The quantitative estimate of drug-likeness (QED) is 0.582. The Labute approximate surface area is 137 Å². The fourth-order valence-corrected chi connectivity index (χ4v) is 2.52. The smallest absolute Gasteiger partial charge is 0.148 e. The Morgan fingerprint density at radius 1 is 1.00 bits per heavy atom. The second-order valence-electron chi connectivity index (χ2n) is 5.24. The summed E-state index contributed by atoms with van der Waals surface area (Å²) < 4.78 is 17.4. The maximum absolute atomic E-state index is 14.1. The van der Waals surface area contributed by atoms with Crippen molar-refractivity contribution in [1.82, 2.24) is 29.5 Å². The predicted molar refractivity (Wildman–Crippen MR) is 86.4 cm³/mol. The van der Waals surface area contributed by atoms with Gasteiger partial charge in [-0.25, -0.2) is 19.0 Å². The van der Waals surface area contributed by atoms with Crippen molar-refractivity contribution in [3.63, 3.8) is 0 Å². The lowest BCUT2D eigenvalue weighted by molar-refractivity contribution is 0.608. The molecule has 0 fully saturated rings. The molecule has 0 saturated carbocycles. The molecule has 7 heteroatoms. The van der Waals surface area contributed by atoms with Gasteiger partial charge in [0.25, 0.3) is 0 Å². The molecule has 0 saturated heterocycles. The van der Waals surface area contributed by atoms with E-state index in [0.717, 1.165) is 5.82 Å². The van der Waals surface area contributed by atoms with E-state index in [1.807, 2.05) is 31.3 Å². The van der Waals surface area contributed by atoms with Gasteiger partial charge in [0, 0.05) is 12.4 Å².